The molecular formula is C21H25ClN4O2. The minimum absolute atomic E-state index is 0.0140. The summed E-state index contributed by atoms with van der Waals surface area (Å²) in [6.07, 6.45) is 6.52. The third-order valence-corrected chi connectivity index (χ3v) is 5.80. The lowest BCUT2D eigenvalue weighted by Gasteiger charge is -2.28. The summed E-state index contributed by atoms with van der Waals surface area (Å²) in [6, 6.07) is 5.39. The van der Waals surface area contributed by atoms with Crippen molar-refractivity contribution in [2.24, 2.45) is 0 Å². The van der Waals surface area contributed by atoms with Gasteiger partial charge in [-0.15, -0.1) is 0 Å². The number of fused-ring (bicyclic) bond motifs is 3. The number of hydrogen-bond acceptors (Lipinski definition) is 5. The van der Waals surface area contributed by atoms with E-state index in [-0.39, 0.29) is 17.7 Å². The number of nitrogens with zero attached hydrogens (tertiary/aromatic N) is 3. The van der Waals surface area contributed by atoms with Crippen molar-refractivity contribution in [2.45, 2.75) is 57.6 Å². The van der Waals surface area contributed by atoms with Gasteiger partial charge < -0.3 is 10.4 Å². The third kappa shape index (κ3) is 3.59. The standard InChI is InChI=1S/C21H25ClN4O2/c1-2-3-10-23-21-24-12-18-16-9-4-13(22)11-17(16)20(28)26(19(18)25-21)14-5-7-15(27)8-6-14/h4,9,11-12,14-15,27H,2-3,5-8,10H2,1H3,(H,23,24,25)/t14-,15+. The Morgan fingerprint density at radius 1 is 1.21 bits per heavy atom. The molecule has 1 saturated carbocycles. The van der Waals surface area contributed by atoms with Crippen LogP contribution in [0, 0.1) is 0 Å². The van der Waals surface area contributed by atoms with E-state index < -0.39 is 0 Å². The summed E-state index contributed by atoms with van der Waals surface area (Å²) in [4.78, 5) is 22.6. The van der Waals surface area contributed by atoms with E-state index in [0.717, 1.165) is 43.0 Å². The maximum Gasteiger partial charge on any atom is 0.260 e. The average Bonchev–Trinajstić information content (AvgIpc) is 2.70. The van der Waals surface area contributed by atoms with Gasteiger partial charge in [0.15, 0.2) is 0 Å². The van der Waals surface area contributed by atoms with E-state index in [4.69, 9.17) is 16.6 Å². The number of unbranched alkanes of at least 4 members (excludes halogenated alkanes) is 1. The van der Waals surface area contributed by atoms with Gasteiger partial charge in [0, 0.05) is 34.6 Å². The molecule has 2 aromatic heterocycles. The quantitative estimate of drug-likeness (QED) is 0.493. The molecule has 148 valence electrons. The number of pyridine rings is 1. The van der Waals surface area contributed by atoms with Crippen molar-refractivity contribution >= 4 is 39.4 Å². The highest BCUT2D eigenvalue weighted by Gasteiger charge is 2.25. The van der Waals surface area contributed by atoms with Gasteiger partial charge in [0.1, 0.15) is 5.65 Å². The number of rotatable bonds is 5. The van der Waals surface area contributed by atoms with Gasteiger partial charge in [-0.3, -0.25) is 9.36 Å². The minimum atomic E-state index is -0.283. The Morgan fingerprint density at radius 3 is 2.75 bits per heavy atom. The van der Waals surface area contributed by atoms with Crippen molar-refractivity contribution in [3.8, 4) is 0 Å². The summed E-state index contributed by atoms with van der Waals surface area (Å²) in [5.74, 6) is 0.540. The smallest absolute Gasteiger partial charge is 0.260 e. The van der Waals surface area contributed by atoms with Crippen LogP contribution >= 0.6 is 11.6 Å². The van der Waals surface area contributed by atoms with Crippen LogP contribution in [0.4, 0.5) is 5.95 Å². The van der Waals surface area contributed by atoms with Crippen LogP contribution in [0.15, 0.2) is 29.2 Å². The molecule has 0 amide bonds. The van der Waals surface area contributed by atoms with Crippen LogP contribution in [0.3, 0.4) is 0 Å². The zero-order valence-electron chi connectivity index (χ0n) is 16.0. The Hall–Kier alpha value is -2.18. The van der Waals surface area contributed by atoms with E-state index in [9.17, 15) is 9.90 Å². The molecule has 0 atom stereocenters. The van der Waals surface area contributed by atoms with Gasteiger partial charge in [0.25, 0.3) is 5.56 Å². The topological polar surface area (TPSA) is 80.0 Å². The summed E-state index contributed by atoms with van der Waals surface area (Å²) in [7, 11) is 0. The van der Waals surface area contributed by atoms with Crippen molar-refractivity contribution < 1.29 is 5.11 Å². The number of aliphatic hydroxyl groups excluding tert-OH is 1. The number of aromatic nitrogens is 3. The molecule has 6 nitrogen and oxygen atoms in total. The van der Waals surface area contributed by atoms with Gasteiger partial charge in [-0.2, -0.15) is 4.98 Å². The monoisotopic (exact) mass is 400 g/mol. The zero-order chi connectivity index (χ0) is 19.7. The van der Waals surface area contributed by atoms with E-state index >= 15 is 0 Å². The van der Waals surface area contributed by atoms with E-state index in [1.807, 2.05) is 6.07 Å². The largest absolute Gasteiger partial charge is 0.393 e. The molecule has 4 rings (SSSR count). The normalized spacial score (nSPS) is 20.0. The Labute approximate surface area is 168 Å². The molecule has 1 aliphatic carbocycles. The first-order valence-corrected chi connectivity index (χ1v) is 10.4. The van der Waals surface area contributed by atoms with Crippen molar-refractivity contribution in [3.05, 3.63) is 39.8 Å². The minimum Gasteiger partial charge on any atom is -0.393 e. The number of halogens is 1. The maximum atomic E-state index is 13.4. The van der Waals surface area contributed by atoms with Crippen molar-refractivity contribution in [3.63, 3.8) is 0 Å². The summed E-state index contributed by atoms with van der Waals surface area (Å²) >= 11 is 6.17. The molecule has 2 N–H and O–H groups in total. The second-order valence-corrected chi connectivity index (χ2v) is 7.98. The molecule has 1 aromatic carbocycles. The van der Waals surface area contributed by atoms with Gasteiger partial charge in [0.2, 0.25) is 5.95 Å². The summed E-state index contributed by atoms with van der Waals surface area (Å²) in [5.41, 5.74) is 0.569. The molecule has 28 heavy (non-hydrogen) atoms. The van der Waals surface area contributed by atoms with Crippen LogP contribution in [0.1, 0.15) is 51.5 Å². The molecular weight excluding hydrogens is 376 g/mol. The summed E-state index contributed by atoms with van der Waals surface area (Å²) < 4.78 is 1.80. The predicted octanol–water partition coefficient (Wildman–Crippen LogP) is 4.29. The number of anilines is 1. The highest BCUT2D eigenvalue weighted by Crippen LogP contribution is 2.32. The number of hydrogen-bond donors (Lipinski definition) is 2. The number of aliphatic hydroxyl groups is 1. The van der Waals surface area contributed by atoms with Gasteiger partial charge in [0.05, 0.1) is 6.10 Å². The Kier molecular flexibility index (Phi) is 5.51. The molecule has 0 aliphatic heterocycles. The second-order valence-electron chi connectivity index (χ2n) is 7.54. The number of benzene rings is 1. The van der Waals surface area contributed by atoms with Crippen LogP contribution in [0.25, 0.3) is 21.8 Å². The first-order chi connectivity index (χ1) is 13.6. The Balaban J connectivity index is 1.92. The van der Waals surface area contributed by atoms with Crippen LogP contribution < -0.4 is 10.9 Å². The summed E-state index contributed by atoms with van der Waals surface area (Å²) in [6.45, 7) is 2.93. The lowest BCUT2D eigenvalue weighted by molar-refractivity contribution is 0.111. The zero-order valence-corrected chi connectivity index (χ0v) is 16.7. The van der Waals surface area contributed by atoms with E-state index in [2.05, 4.69) is 17.2 Å². The Bertz CT molecular complexity index is 1060. The summed E-state index contributed by atoms with van der Waals surface area (Å²) in [5, 5.41) is 15.9. The molecule has 3 aromatic rings. The predicted molar refractivity (Wildman–Crippen MR) is 113 cm³/mol. The highest BCUT2D eigenvalue weighted by molar-refractivity contribution is 6.31. The Morgan fingerprint density at radius 2 is 2.00 bits per heavy atom. The first-order valence-electron chi connectivity index (χ1n) is 10.0. The molecule has 1 aliphatic rings. The van der Waals surface area contributed by atoms with Gasteiger partial charge in [-0.25, -0.2) is 4.98 Å². The molecule has 0 spiro atoms. The van der Waals surface area contributed by atoms with Crippen LogP contribution in [0.5, 0.6) is 0 Å². The number of nitrogens with one attached hydrogen (secondary N) is 1. The molecule has 2 heterocycles. The van der Waals surface area contributed by atoms with E-state index in [0.29, 0.717) is 34.8 Å². The molecule has 0 saturated heterocycles. The fraction of sp³-hybridized carbons (Fsp3) is 0.476. The lowest BCUT2D eigenvalue weighted by Crippen LogP contribution is -2.30. The fourth-order valence-corrected chi connectivity index (χ4v) is 4.19. The maximum absolute atomic E-state index is 13.4. The van der Waals surface area contributed by atoms with Crippen LogP contribution in [-0.4, -0.2) is 32.3 Å². The fourth-order valence-electron chi connectivity index (χ4n) is 4.02. The SMILES string of the molecule is CCCCNc1ncc2c3ccc(Cl)cc3c(=O)n([C@H]3CC[C@@H](O)CC3)c2n1. The highest BCUT2D eigenvalue weighted by atomic mass is 35.5. The third-order valence-electron chi connectivity index (χ3n) is 5.56. The van der Waals surface area contributed by atoms with Crippen molar-refractivity contribution in [1.82, 2.24) is 14.5 Å². The van der Waals surface area contributed by atoms with Crippen LogP contribution in [0.2, 0.25) is 5.02 Å². The van der Waals surface area contributed by atoms with Crippen molar-refractivity contribution in [2.75, 3.05) is 11.9 Å². The van der Waals surface area contributed by atoms with E-state index in [1.165, 1.54) is 0 Å². The molecule has 1 fully saturated rings. The van der Waals surface area contributed by atoms with Gasteiger partial charge >= 0.3 is 0 Å². The average molecular weight is 401 g/mol. The molecule has 0 radical (unpaired) electrons. The molecule has 0 bridgehead atoms. The van der Waals surface area contributed by atoms with Crippen LogP contribution in [-0.2, 0) is 0 Å². The molecule has 7 heteroatoms. The van der Waals surface area contributed by atoms with Crippen molar-refractivity contribution in [1.29, 1.82) is 0 Å². The second kappa shape index (κ2) is 8.05. The first kappa shape index (κ1) is 19.2. The van der Waals surface area contributed by atoms with Gasteiger partial charge in [-0.05, 0) is 49.6 Å². The van der Waals surface area contributed by atoms with Gasteiger partial charge in [-0.1, -0.05) is 31.0 Å². The molecule has 0 unspecified atom stereocenters. The van der Waals surface area contributed by atoms with E-state index in [1.54, 1.807) is 22.9 Å². The lowest BCUT2D eigenvalue weighted by atomic mass is 9.92.